The Bertz CT molecular complexity index is 857. The Labute approximate surface area is 128 Å². The number of benzene rings is 2. The standard InChI is InChI=1S/C20H14O2/c1-3-8-15(9-4-1)17-14-19(16-10-5-2-6-11-16)22-20(17)18-12-7-13-21-18/h1-14H. The third kappa shape index (κ3) is 2.25. The predicted molar refractivity (Wildman–Crippen MR) is 87.3 cm³/mol. The molecule has 2 heterocycles. The van der Waals surface area contributed by atoms with Crippen LogP contribution in [0.15, 0.2) is 94.0 Å². The molecule has 0 atom stereocenters. The van der Waals surface area contributed by atoms with Crippen molar-refractivity contribution in [2.24, 2.45) is 0 Å². The number of furan rings is 2. The summed E-state index contributed by atoms with van der Waals surface area (Å²) >= 11 is 0. The first-order valence-electron chi connectivity index (χ1n) is 7.20. The first-order valence-corrected chi connectivity index (χ1v) is 7.20. The molecule has 0 saturated heterocycles. The van der Waals surface area contributed by atoms with Crippen molar-refractivity contribution in [3.05, 3.63) is 85.1 Å². The molecule has 0 N–H and O–H groups in total. The van der Waals surface area contributed by atoms with E-state index in [1.165, 1.54) is 0 Å². The molecular formula is C20H14O2. The Morgan fingerprint density at radius 1 is 0.591 bits per heavy atom. The molecule has 2 heteroatoms. The van der Waals surface area contributed by atoms with Crippen LogP contribution in [-0.4, -0.2) is 0 Å². The molecule has 0 amide bonds. The lowest BCUT2D eigenvalue weighted by Crippen LogP contribution is -1.76. The Morgan fingerprint density at radius 3 is 1.91 bits per heavy atom. The van der Waals surface area contributed by atoms with Crippen LogP contribution < -0.4 is 0 Å². The maximum atomic E-state index is 6.11. The first-order chi connectivity index (χ1) is 10.9. The van der Waals surface area contributed by atoms with Gasteiger partial charge in [-0.25, -0.2) is 0 Å². The van der Waals surface area contributed by atoms with Crippen LogP contribution >= 0.6 is 0 Å². The highest BCUT2D eigenvalue weighted by molar-refractivity contribution is 5.81. The largest absolute Gasteiger partial charge is 0.461 e. The van der Waals surface area contributed by atoms with Gasteiger partial charge in [0.2, 0.25) is 0 Å². The zero-order valence-electron chi connectivity index (χ0n) is 11.9. The molecule has 22 heavy (non-hydrogen) atoms. The van der Waals surface area contributed by atoms with Gasteiger partial charge in [0.1, 0.15) is 5.76 Å². The van der Waals surface area contributed by atoms with Gasteiger partial charge in [0.25, 0.3) is 0 Å². The SMILES string of the molecule is c1ccc(-c2cc(-c3ccccc3)c(-c3ccco3)o2)cc1. The zero-order chi connectivity index (χ0) is 14.8. The summed E-state index contributed by atoms with van der Waals surface area (Å²) in [6.07, 6.45) is 1.66. The third-order valence-electron chi connectivity index (χ3n) is 3.62. The van der Waals surface area contributed by atoms with Crippen molar-refractivity contribution in [2.45, 2.75) is 0 Å². The average molecular weight is 286 g/mol. The van der Waals surface area contributed by atoms with E-state index in [0.717, 1.165) is 34.0 Å². The van der Waals surface area contributed by atoms with Crippen molar-refractivity contribution in [1.82, 2.24) is 0 Å². The summed E-state index contributed by atoms with van der Waals surface area (Å²) in [5.41, 5.74) is 3.20. The molecule has 4 aromatic rings. The van der Waals surface area contributed by atoms with Gasteiger partial charge >= 0.3 is 0 Å². The fourth-order valence-corrected chi connectivity index (χ4v) is 2.56. The van der Waals surface area contributed by atoms with E-state index in [9.17, 15) is 0 Å². The van der Waals surface area contributed by atoms with Gasteiger partial charge in [-0.15, -0.1) is 0 Å². The number of hydrogen-bond donors (Lipinski definition) is 0. The molecular weight excluding hydrogens is 272 g/mol. The molecule has 4 rings (SSSR count). The van der Waals surface area contributed by atoms with Gasteiger partial charge < -0.3 is 8.83 Å². The molecule has 106 valence electrons. The van der Waals surface area contributed by atoms with E-state index in [0.29, 0.717) is 0 Å². The smallest absolute Gasteiger partial charge is 0.177 e. The molecule has 0 unspecified atom stereocenters. The summed E-state index contributed by atoms with van der Waals surface area (Å²) in [6, 6.07) is 26.2. The Kier molecular flexibility index (Phi) is 3.13. The number of rotatable bonds is 3. The highest BCUT2D eigenvalue weighted by atomic mass is 16.4. The van der Waals surface area contributed by atoms with Crippen LogP contribution in [0.25, 0.3) is 34.0 Å². The second kappa shape index (κ2) is 5.41. The van der Waals surface area contributed by atoms with Crippen molar-refractivity contribution in [3.63, 3.8) is 0 Å². The van der Waals surface area contributed by atoms with Crippen LogP contribution in [0.4, 0.5) is 0 Å². The molecule has 0 spiro atoms. The Hall–Kier alpha value is -3.00. The molecule has 2 aromatic carbocycles. The summed E-state index contributed by atoms with van der Waals surface area (Å²) < 4.78 is 11.6. The maximum Gasteiger partial charge on any atom is 0.177 e. The molecule has 0 aliphatic rings. The van der Waals surface area contributed by atoms with E-state index >= 15 is 0 Å². The third-order valence-corrected chi connectivity index (χ3v) is 3.62. The molecule has 0 saturated carbocycles. The molecule has 0 fully saturated rings. The lowest BCUT2D eigenvalue weighted by atomic mass is 10.0. The van der Waals surface area contributed by atoms with Crippen molar-refractivity contribution in [1.29, 1.82) is 0 Å². The molecule has 2 nitrogen and oxygen atoms in total. The highest BCUT2D eigenvalue weighted by Crippen LogP contribution is 2.38. The Balaban J connectivity index is 1.91. The van der Waals surface area contributed by atoms with Gasteiger partial charge in [0.05, 0.1) is 6.26 Å². The monoisotopic (exact) mass is 286 g/mol. The second-order valence-electron chi connectivity index (χ2n) is 5.06. The summed E-state index contributed by atoms with van der Waals surface area (Å²) in [5.74, 6) is 2.34. The summed E-state index contributed by atoms with van der Waals surface area (Å²) in [5, 5.41) is 0. The zero-order valence-corrected chi connectivity index (χ0v) is 11.9. The summed E-state index contributed by atoms with van der Waals surface area (Å²) in [7, 11) is 0. The van der Waals surface area contributed by atoms with Crippen molar-refractivity contribution in [3.8, 4) is 34.0 Å². The quantitative estimate of drug-likeness (QED) is 0.470. The average Bonchev–Trinajstić information content (AvgIpc) is 3.26. The van der Waals surface area contributed by atoms with Gasteiger partial charge in [-0.3, -0.25) is 0 Å². The first kappa shape index (κ1) is 12.7. The van der Waals surface area contributed by atoms with E-state index in [2.05, 4.69) is 18.2 Å². The van der Waals surface area contributed by atoms with Crippen molar-refractivity contribution < 1.29 is 8.83 Å². The molecule has 0 radical (unpaired) electrons. The van der Waals surface area contributed by atoms with Crippen molar-refractivity contribution in [2.75, 3.05) is 0 Å². The van der Waals surface area contributed by atoms with Gasteiger partial charge in [-0.2, -0.15) is 0 Å². The van der Waals surface area contributed by atoms with Crippen LogP contribution in [-0.2, 0) is 0 Å². The predicted octanol–water partition coefficient (Wildman–Crippen LogP) is 5.87. The minimum Gasteiger partial charge on any atom is -0.461 e. The normalized spacial score (nSPS) is 10.7. The molecule has 2 aromatic heterocycles. The van der Waals surface area contributed by atoms with E-state index in [4.69, 9.17) is 8.83 Å². The minimum absolute atomic E-state index is 0.737. The van der Waals surface area contributed by atoms with E-state index in [1.54, 1.807) is 6.26 Å². The Morgan fingerprint density at radius 2 is 1.27 bits per heavy atom. The minimum atomic E-state index is 0.737. The van der Waals surface area contributed by atoms with Gasteiger partial charge in [0, 0.05) is 11.1 Å². The van der Waals surface area contributed by atoms with E-state index < -0.39 is 0 Å². The van der Waals surface area contributed by atoms with E-state index in [1.807, 2.05) is 60.7 Å². The summed E-state index contributed by atoms with van der Waals surface area (Å²) in [6.45, 7) is 0. The van der Waals surface area contributed by atoms with Crippen molar-refractivity contribution >= 4 is 0 Å². The second-order valence-corrected chi connectivity index (χ2v) is 5.06. The fourth-order valence-electron chi connectivity index (χ4n) is 2.56. The topological polar surface area (TPSA) is 26.3 Å². The van der Waals surface area contributed by atoms with Gasteiger partial charge in [-0.1, -0.05) is 60.7 Å². The molecule has 0 aliphatic heterocycles. The van der Waals surface area contributed by atoms with Gasteiger partial charge in [-0.05, 0) is 23.8 Å². The molecule has 0 bridgehead atoms. The maximum absolute atomic E-state index is 6.11. The van der Waals surface area contributed by atoms with Crippen LogP contribution in [0.2, 0.25) is 0 Å². The number of hydrogen-bond acceptors (Lipinski definition) is 2. The fraction of sp³-hybridized carbons (Fsp3) is 0. The lowest BCUT2D eigenvalue weighted by Gasteiger charge is -1.99. The lowest BCUT2D eigenvalue weighted by molar-refractivity contribution is 0.532. The van der Waals surface area contributed by atoms with Gasteiger partial charge in [0.15, 0.2) is 11.5 Å². The summed E-state index contributed by atoms with van der Waals surface area (Å²) in [4.78, 5) is 0. The van der Waals surface area contributed by atoms with Crippen LogP contribution in [0.5, 0.6) is 0 Å². The molecule has 0 aliphatic carbocycles. The van der Waals surface area contributed by atoms with Crippen LogP contribution in [0.1, 0.15) is 0 Å². The van der Waals surface area contributed by atoms with Crippen LogP contribution in [0.3, 0.4) is 0 Å². The highest BCUT2D eigenvalue weighted by Gasteiger charge is 2.17. The van der Waals surface area contributed by atoms with E-state index in [-0.39, 0.29) is 0 Å². The van der Waals surface area contributed by atoms with Crippen LogP contribution in [0, 0.1) is 0 Å².